The minimum Gasteiger partial charge on any atom is -0.349 e. The molecule has 86 valence electrons. The molecule has 0 aromatic heterocycles. The number of amides is 1. The van der Waals surface area contributed by atoms with Crippen LogP contribution in [0.15, 0.2) is 24.3 Å². The Morgan fingerprint density at radius 1 is 1.38 bits per heavy atom. The third kappa shape index (κ3) is 2.43. The Kier molecular flexibility index (Phi) is 2.99. The van der Waals surface area contributed by atoms with Crippen molar-refractivity contribution in [2.24, 2.45) is 11.8 Å². The Bertz CT molecular complexity index is 382. The maximum atomic E-state index is 11.8. The lowest BCUT2D eigenvalue weighted by molar-refractivity contribution is -0.123. The van der Waals surface area contributed by atoms with E-state index in [1.54, 1.807) is 0 Å². The van der Waals surface area contributed by atoms with Gasteiger partial charge in [0.2, 0.25) is 5.91 Å². The smallest absolute Gasteiger partial charge is 0.223 e. The number of benzene rings is 1. The van der Waals surface area contributed by atoms with E-state index in [0.717, 1.165) is 6.42 Å². The van der Waals surface area contributed by atoms with Gasteiger partial charge in [-0.05, 0) is 31.7 Å². The van der Waals surface area contributed by atoms with Crippen molar-refractivity contribution >= 4 is 5.91 Å². The number of carbonyl (C=O) groups is 1. The standard InChI is InChI=1S/C14H19NO/c1-9-4-6-12(7-5-9)11(3)15-14(16)13-8-10(13)2/h4-7,10-11,13H,8H2,1-3H3,(H,15,16)/t10-,11+,13+/m1/s1. The molecule has 1 amide bonds. The predicted octanol–water partition coefficient (Wildman–Crippen LogP) is 2.83. The summed E-state index contributed by atoms with van der Waals surface area (Å²) in [7, 11) is 0. The molecule has 1 saturated carbocycles. The summed E-state index contributed by atoms with van der Waals surface area (Å²) in [5.41, 5.74) is 2.42. The number of carbonyl (C=O) groups excluding carboxylic acids is 1. The topological polar surface area (TPSA) is 29.1 Å². The van der Waals surface area contributed by atoms with Crippen molar-refractivity contribution in [3.8, 4) is 0 Å². The first-order valence-corrected chi connectivity index (χ1v) is 5.95. The predicted molar refractivity (Wildman–Crippen MR) is 65.0 cm³/mol. The first-order valence-electron chi connectivity index (χ1n) is 5.95. The van der Waals surface area contributed by atoms with E-state index in [1.165, 1.54) is 11.1 Å². The van der Waals surface area contributed by atoms with Gasteiger partial charge in [-0.25, -0.2) is 0 Å². The average molecular weight is 217 g/mol. The van der Waals surface area contributed by atoms with Gasteiger partial charge in [-0.2, -0.15) is 0 Å². The molecule has 1 N–H and O–H groups in total. The van der Waals surface area contributed by atoms with Crippen molar-refractivity contribution < 1.29 is 4.79 Å². The molecule has 2 nitrogen and oxygen atoms in total. The lowest BCUT2D eigenvalue weighted by Crippen LogP contribution is -2.28. The molecular formula is C14H19NO. The fourth-order valence-electron chi connectivity index (χ4n) is 1.95. The van der Waals surface area contributed by atoms with Gasteiger partial charge in [-0.3, -0.25) is 4.79 Å². The Balaban J connectivity index is 1.94. The Labute approximate surface area is 97.1 Å². The van der Waals surface area contributed by atoms with Crippen molar-refractivity contribution in [3.63, 3.8) is 0 Å². The molecule has 1 aliphatic rings. The number of rotatable bonds is 3. The molecule has 1 fully saturated rings. The van der Waals surface area contributed by atoms with E-state index in [1.807, 2.05) is 6.92 Å². The third-order valence-corrected chi connectivity index (χ3v) is 3.38. The molecule has 2 rings (SSSR count). The van der Waals surface area contributed by atoms with E-state index in [-0.39, 0.29) is 17.9 Å². The van der Waals surface area contributed by atoms with Crippen molar-refractivity contribution in [3.05, 3.63) is 35.4 Å². The van der Waals surface area contributed by atoms with Gasteiger partial charge >= 0.3 is 0 Å². The average Bonchev–Trinajstić information content (AvgIpc) is 2.96. The zero-order valence-electron chi connectivity index (χ0n) is 10.2. The molecule has 0 spiro atoms. The van der Waals surface area contributed by atoms with Gasteiger partial charge in [0.15, 0.2) is 0 Å². The summed E-state index contributed by atoms with van der Waals surface area (Å²) >= 11 is 0. The van der Waals surface area contributed by atoms with Crippen molar-refractivity contribution in [1.82, 2.24) is 5.32 Å². The molecule has 0 saturated heterocycles. The van der Waals surface area contributed by atoms with Crippen LogP contribution in [0.5, 0.6) is 0 Å². The molecule has 16 heavy (non-hydrogen) atoms. The van der Waals surface area contributed by atoms with Gasteiger partial charge in [0.1, 0.15) is 0 Å². The van der Waals surface area contributed by atoms with E-state index in [0.29, 0.717) is 5.92 Å². The second kappa shape index (κ2) is 4.28. The highest BCUT2D eigenvalue weighted by Gasteiger charge is 2.39. The summed E-state index contributed by atoms with van der Waals surface area (Å²) < 4.78 is 0. The van der Waals surface area contributed by atoms with E-state index in [4.69, 9.17) is 0 Å². The Morgan fingerprint density at radius 2 is 1.94 bits per heavy atom. The van der Waals surface area contributed by atoms with Crippen LogP contribution in [0.3, 0.4) is 0 Å². The van der Waals surface area contributed by atoms with E-state index >= 15 is 0 Å². The van der Waals surface area contributed by atoms with Gasteiger partial charge in [0.25, 0.3) is 0 Å². The molecule has 1 aliphatic carbocycles. The summed E-state index contributed by atoms with van der Waals surface area (Å²) in [4.78, 5) is 11.8. The third-order valence-electron chi connectivity index (χ3n) is 3.38. The van der Waals surface area contributed by atoms with E-state index < -0.39 is 0 Å². The van der Waals surface area contributed by atoms with Gasteiger partial charge in [0.05, 0.1) is 6.04 Å². The summed E-state index contributed by atoms with van der Waals surface area (Å²) in [5, 5.41) is 3.07. The number of aryl methyl sites for hydroxylation is 1. The van der Waals surface area contributed by atoms with Crippen LogP contribution in [0.1, 0.15) is 37.4 Å². The second-order valence-corrected chi connectivity index (χ2v) is 4.96. The van der Waals surface area contributed by atoms with Gasteiger partial charge in [0, 0.05) is 5.92 Å². The van der Waals surface area contributed by atoms with Gasteiger partial charge in [-0.15, -0.1) is 0 Å². The molecule has 0 heterocycles. The maximum Gasteiger partial charge on any atom is 0.223 e. The molecular weight excluding hydrogens is 198 g/mol. The number of hydrogen-bond acceptors (Lipinski definition) is 1. The molecule has 0 aliphatic heterocycles. The lowest BCUT2D eigenvalue weighted by Gasteiger charge is -2.14. The van der Waals surface area contributed by atoms with Crippen molar-refractivity contribution in [2.45, 2.75) is 33.2 Å². The highest BCUT2D eigenvalue weighted by molar-refractivity contribution is 5.81. The Morgan fingerprint density at radius 3 is 2.44 bits per heavy atom. The van der Waals surface area contributed by atoms with E-state index in [2.05, 4.69) is 43.4 Å². The molecule has 2 heteroatoms. The maximum absolute atomic E-state index is 11.8. The Hall–Kier alpha value is -1.31. The fraction of sp³-hybridized carbons (Fsp3) is 0.500. The molecule has 3 atom stereocenters. The van der Waals surface area contributed by atoms with Crippen molar-refractivity contribution in [1.29, 1.82) is 0 Å². The molecule has 0 unspecified atom stereocenters. The summed E-state index contributed by atoms with van der Waals surface area (Å²) in [6, 6.07) is 8.43. The van der Waals surface area contributed by atoms with Crippen LogP contribution < -0.4 is 5.32 Å². The first-order chi connectivity index (χ1) is 7.58. The normalized spacial score (nSPS) is 24.9. The minimum absolute atomic E-state index is 0.112. The van der Waals surface area contributed by atoms with Crippen LogP contribution in [0, 0.1) is 18.8 Å². The van der Waals surface area contributed by atoms with Crippen LogP contribution in [0.2, 0.25) is 0 Å². The largest absolute Gasteiger partial charge is 0.349 e. The first kappa shape index (κ1) is 11.2. The van der Waals surface area contributed by atoms with Crippen LogP contribution in [-0.4, -0.2) is 5.91 Å². The molecule has 1 aromatic rings. The quantitative estimate of drug-likeness (QED) is 0.828. The van der Waals surface area contributed by atoms with E-state index in [9.17, 15) is 4.79 Å². The van der Waals surface area contributed by atoms with Crippen LogP contribution in [0.4, 0.5) is 0 Å². The zero-order valence-corrected chi connectivity index (χ0v) is 10.2. The van der Waals surface area contributed by atoms with Crippen LogP contribution in [-0.2, 0) is 4.79 Å². The summed E-state index contributed by atoms with van der Waals surface area (Å²) in [5.74, 6) is 1.04. The van der Waals surface area contributed by atoms with Crippen LogP contribution in [0.25, 0.3) is 0 Å². The molecule has 0 radical (unpaired) electrons. The highest BCUT2D eigenvalue weighted by atomic mass is 16.2. The van der Waals surface area contributed by atoms with Gasteiger partial charge in [-0.1, -0.05) is 36.8 Å². The van der Waals surface area contributed by atoms with Gasteiger partial charge < -0.3 is 5.32 Å². The SMILES string of the molecule is Cc1ccc([C@H](C)NC(=O)[C@H]2C[C@H]2C)cc1. The minimum atomic E-state index is 0.112. The molecule has 1 aromatic carbocycles. The summed E-state index contributed by atoms with van der Waals surface area (Å²) in [6.45, 7) is 6.23. The monoisotopic (exact) mass is 217 g/mol. The lowest BCUT2D eigenvalue weighted by atomic mass is 10.1. The van der Waals surface area contributed by atoms with Crippen LogP contribution >= 0.6 is 0 Å². The number of nitrogens with one attached hydrogen (secondary N) is 1. The summed E-state index contributed by atoms with van der Waals surface area (Å²) in [6.07, 6.45) is 1.05. The van der Waals surface area contributed by atoms with Crippen molar-refractivity contribution in [2.75, 3.05) is 0 Å². The molecule has 0 bridgehead atoms. The fourth-order valence-corrected chi connectivity index (χ4v) is 1.95. The number of hydrogen-bond donors (Lipinski definition) is 1. The highest BCUT2D eigenvalue weighted by Crippen LogP contribution is 2.38. The zero-order chi connectivity index (χ0) is 11.7. The second-order valence-electron chi connectivity index (χ2n) is 4.96.